The molecule has 1 unspecified atom stereocenters. The molecule has 3 rings (SSSR count). The number of nitrogens with zero attached hydrogens (tertiary/aromatic N) is 1. The minimum absolute atomic E-state index is 0.192. The van der Waals surface area contributed by atoms with E-state index in [1.807, 2.05) is 60.7 Å². The molecule has 3 aromatic rings. The van der Waals surface area contributed by atoms with Gasteiger partial charge in [-0.1, -0.05) is 30.3 Å². The van der Waals surface area contributed by atoms with E-state index in [1.165, 1.54) is 0 Å². The van der Waals surface area contributed by atoms with Crippen LogP contribution in [0.3, 0.4) is 0 Å². The highest BCUT2D eigenvalue weighted by Gasteiger charge is 2.14. The number of aromatic nitrogens is 2. The third kappa shape index (κ3) is 3.77. The fourth-order valence-electron chi connectivity index (χ4n) is 2.15. The molecule has 1 amide bonds. The summed E-state index contributed by atoms with van der Waals surface area (Å²) in [7, 11) is 0. The van der Waals surface area contributed by atoms with Crippen LogP contribution in [-0.4, -0.2) is 22.2 Å². The lowest BCUT2D eigenvalue weighted by Crippen LogP contribution is -2.30. The molecule has 1 aromatic heterocycles. The van der Waals surface area contributed by atoms with Gasteiger partial charge in [0.2, 0.25) is 0 Å². The SMILES string of the molecule is CC(Oc1ccccc1)C(=O)Nc1ccc(-c2ccn[nH]2)cc1. The minimum Gasteiger partial charge on any atom is -0.481 e. The number of nitrogens with one attached hydrogen (secondary N) is 2. The Hall–Kier alpha value is -3.08. The zero-order chi connectivity index (χ0) is 16.1. The molecule has 2 aromatic carbocycles. The molecule has 0 saturated heterocycles. The average Bonchev–Trinajstić information content (AvgIpc) is 3.11. The molecule has 1 heterocycles. The molecule has 0 aliphatic rings. The number of benzene rings is 2. The summed E-state index contributed by atoms with van der Waals surface area (Å²) >= 11 is 0. The Bertz CT molecular complexity index is 753. The Morgan fingerprint density at radius 3 is 2.48 bits per heavy atom. The lowest BCUT2D eigenvalue weighted by Gasteiger charge is -2.14. The Kier molecular flexibility index (Phi) is 4.38. The fraction of sp³-hybridized carbons (Fsp3) is 0.111. The maximum atomic E-state index is 12.2. The molecule has 2 N–H and O–H groups in total. The van der Waals surface area contributed by atoms with Gasteiger partial charge in [0.15, 0.2) is 6.10 Å². The van der Waals surface area contributed by atoms with Crippen molar-refractivity contribution in [3.8, 4) is 17.0 Å². The van der Waals surface area contributed by atoms with Crippen LogP contribution in [0.4, 0.5) is 5.69 Å². The van der Waals surface area contributed by atoms with Crippen LogP contribution in [0.2, 0.25) is 0 Å². The van der Waals surface area contributed by atoms with E-state index < -0.39 is 6.10 Å². The van der Waals surface area contributed by atoms with E-state index in [0.29, 0.717) is 5.75 Å². The normalized spacial score (nSPS) is 11.7. The van der Waals surface area contributed by atoms with E-state index in [2.05, 4.69) is 15.5 Å². The Morgan fingerprint density at radius 1 is 1.09 bits per heavy atom. The number of carbonyl (C=O) groups is 1. The van der Waals surface area contributed by atoms with Crippen LogP contribution in [-0.2, 0) is 4.79 Å². The van der Waals surface area contributed by atoms with Gasteiger partial charge in [-0.05, 0) is 42.8 Å². The van der Waals surface area contributed by atoms with Gasteiger partial charge in [-0.15, -0.1) is 0 Å². The van der Waals surface area contributed by atoms with E-state index in [1.54, 1.807) is 13.1 Å². The standard InChI is InChI=1S/C18H17N3O2/c1-13(23-16-5-3-2-4-6-16)18(22)20-15-9-7-14(8-10-15)17-11-12-19-21-17/h2-13H,1H3,(H,19,21)(H,20,22). The van der Waals surface area contributed by atoms with Gasteiger partial charge in [-0.25, -0.2) is 0 Å². The molecule has 0 bridgehead atoms. The molecule has 0 aliphatic carbocycles. The lowest BCUT2D eigenvalue weighted by molar-refractivity contribution is -0.122. The average molecular weight is 307 g/mol. The van der Waals surface area contributed by atoms with E-state index in [-0.39, 0.29) is 5.91 Å². The van der Waals surface area contributed by atoms with E-state index >= 15 is 0 Å². The number of anilines is 1. The second kappa shape index (κ2) is 6.79. The number of amides is 1. The molecular weight excluding hydrogens is 290 g/mol. The van der Waals surface area contributed by atoms with Crippen LogP contribution in [0.5, 0.6) is 5.75 Å². The minimum atomic E-state index is -0.579. The van der Waals surface area contributed by atoms with Gasteiger partial charge in [-0.3, -0.25) is 9.89 Å². The molecule has 0 saturated carbocycles. The highest BCUT2D eigenvalue weighted by molar-refractivity contribution is 5.94. The van der Waals surface area contributed by atoms with Crippen LogP contribution in [0, 0.1) is 0 Å². The molecule has 0 fully saturated rings. The summed E-state index contributed by atoms with van der Waals surface area (Å²) in [6.07, 6.45) is 1.12. The maximum absolute atomic E-state index is 12.2. The molecule has 116 valence electrons. The van der Waals surface area contributed by atoms with Crippen molar-refractivity contribution in [1.29, 1.82) is 0 Å². The number of hydrogen-bond acceptors (Lipinski definition) is 3. The van der Waals surface area contributed by atoms with Crippen LogP contribution in [0.1, 0.15) is 6.92 Å². The highest BCUT2D eigenvalue weighted by atomic mass is 16.5. The molecular formula is C18H17N3O2. The van der Waals surface area contributed by atoms with Crippen LogP contribution >= 0.6 is 0 Å². The van der Waals surface area contributed by atoms with E-state index in [4.69, 9.17) is 4.74 Å². The molecule has 1 atom stereocenters. The van der Waals surface area contributed by atoms with Gasteiger partial charge in [0, 0.05) is 11.9 Å². The third-order valence-electron chi connectivity index (χ3n) is 3.39. The van der Waals surface area contributed by atoms with Crippen LogP contribution in [0.15, 0.2) is 66.9 Å². The molecule has 0 spiro atoms. The zero-order valence-corrected chi connectivity index (χ0v) is 12.7. The Labute approximate surface area is 134 Å². The first kappa shape index (κ1) is 14.8. The summed E-state index contributed by atoms with van der Waals surface area (Å²) < 4.78 is 5.61. The summed E-state index contributed by atoms with van der Waals surface area (Å²) in [5.74, 6) is 0.480. The molecule has 5 heteroatoms. The van der Waals surface area contributed by atoms with Gasteiger partial charge in [0.25, 0.3) is 5.91 Å². The molecule has 0 aliphatic heterocycles. The van der Waals surface area contributed by atoms with Gasteiger partial charge in [0.1, 0.15) is 5.75 Å². The molecule has 0 radical (unpaired) electrons. The highest BCUT2D eigenvalue weighted by Crippen LogP contribution is 2.19. The predicted octanol–water partition coefficient (Wildman–Crippen LogP) is 3.48. The topological polar surface area (TPSA) is 67.0 Å². The first-order chi connectivity index (χ1) is 11.2. The van der Waals surface area contributed by atoms with Crippen molar-refractivity contribution in [3.63, 3.8) is 0 Å². The van der Waals surface area contributed by atoms with Gasteiger partial charge in [-0.2, -0.15) is 5.10 Å². The number of hydrogen-bond donors (Lipinski definition) is 2. The zero-order valence-electron chi connectivity index (χ0n) is 12.7. The Balaban J connectivity index is 1.61. The summed E-state index contributed by atoms with van der Waals surface area (Å²) in [6, 6.07) is 18.7. The number of carbonyl (C=O) groups excluding carboxylic acids is 1. The van der Waals surface area contributed by atoms with Crippen LogP contribution < -0.4 is 10.1 Å². The van der Waals surface area contributed by atoms with Crippen molar-refractivity contribution in [2.45, 2.75) is 13.0 Å². The van der Waals surface area contributed by atoms with Crippen molar-refractivity contribution in [3.05, 3.63) is 66.9 Å². The second-order valence-corrected chi connectivity index (χ2v) is 5.11. The summed E-state index contributed by atoms with van der Waals surface area (Å²) in [5, 5.41) is 9.67. The van der Waals surface area contributed by atoms with Crippen molar-refractivity contribution in [2.24, 2.45) is 0 Å². The van der Waals surface area contributed by atoms with Gasteiger partial charge < -0.3 is 10.1 Å². The number of rotatable bonds is 5. The fourth-order valence-corrected chi connectivity index (χ4v) is 2.15. The van der Waals surface area contributed by atoms with Gasteiger partial charge in [0.05, 0.1) is 5.69 Å². The number of H-pyrrole nitrogens is 1. The summed E-state index contributed by atoms with van der Waals surface area (Å²) in [6.45, 7) is 1.72. The predicted molar refractivity (Wildman–Crippen MR) is 89.2 cm³/mol. The number of aromatic amines is 1. The number of para-hydroxylation sites is 1. The summed E-state index contributed by atoms with van der Waals surface area (Å²) in [5.41, 5.74) is 2.67. The Morgan fingerprint density at radius 2 is 1.83 bits per heavy atom. The largest absolute Gasteiger partial charge is 0.481 e. The smallest absolute Gasteiger partial charge is 0.265 e. The van der Waals surface area contributed by atoms with E-state index in [9.17, 15) is 4.79 Å². The van der Waals surface area contributed by atoms with E-state index in [0.717, 1.165) is 16.9 Å². The van der Waals surface area contributed by atoms with Gasteiger partial charge >= 0.3 is 0 Å². The molecule has 5 nitrogen and oxygen atoms in total. The molecule has 23 heavy (non-hydrogen) atoms. The second-order valence-electron chi connectivity index (χ2n) is 5.11. The van der Waals surface area contributed by atoms with Crippen molar-refractivity contribution >= 4 is 11.6 Å². The van der Waals surface area contributed by atoms with Crippen molar-refractivity contribution in [2.75, 3.05) is 5.32 Å². The third-order valence-corrected chi connectivity index (χ3v) is 3.39. The first-order valence-corrected chi connectivity index (χ1v) is 7.35. The lowest BCUT2D eigenvalue weighted by atomic mass is 10.1. The van der Waals surface area contributed by atoms with Crippen LogP contribution in [0.25, 0.3) is 11.3 Å². The maximum Gasteiger partial charge on any atom is 0.265 e. The monoisotopic (exact) mass is 307 g/mol. The first-order valence-electron chi connectivity index (χ1n) is 7.35. The quantitative estimate of drug-likeness (QED) is 0.758. The summed E-state index contributed by atoms with van der Waals surface area (Å²) in [4.78, 5) is 12.2. The van der Waals surface area contributed by atoms with Crippen molar-refractivity contribution in [1.82, 2.24) is 10.2 Å². The van der Waals surface area contributed by atoms with Crippen molar-refractivity contribution < 1.29 is 9.53 Å². The number of ether oxygens (including phenoxy) is 1.